The van der Waals surface area contributed by atoms with Crippen molar-refractivity contribution in [2.24, 2.45) is 5.73 Å². The Kier molecular flexibility index (Phi) is 4.99. The molecule has 0 heterocycles. The molecule has 2 aromatic rings. The van der Waals surface area contributed by atoms with Crippen LogP contribution in [0, 0.1) is 0 Å². The van der Waals surface area contributed by atoms with Crippen LogP contribution in [0.15, 0.2) is 30.3 Å². The Morgan fingerprint density at radius 1 is 0.842 bits per heavy atom. The molecule has 0 unspecified atom stereocenters. The van der Waals surface area contributed by atoms with Crippen LogP contribution in [-0.2, 0) is 6.42 Å². The number of rotatable bonds is 3. The molecular formula is C14H11Cl4N. The van der Waals surface area contributed by atoms with E-state index in [-0.39, 0.29) is 0 Å². The summed E-state index contributed by atoms with van der Waals surface area (Å²) in [6, 6.07) is 9.04. The molecule has 2 aromatic carbocycles. The van der Waals surface area contributed by atoms with E-state index in [1.807, 2.05) is 18.2 Å². The van der Waals surface area contributed by atoms with Crippen LogP contribution in [-0.4, -0.2) is 6.54 Å². The fourth-order valence-corrected chi connectivity index (χ4v) is 2.89. The normalized spacial score (nSPS) is 10.8. The number of nitrogens with two attached hydrogens (primary N) is 1. The van der Waals surface area contributed by atoms with Gasteiger partial charge in [0.05, 0.1) is 15.1 Å². The molecule has 0 aliphatic rings. The topological polar surface area (TPSA) is 26.0 Å². The zero-order valence-corrected chi connectivity index (χ0v) is 12.9. The molecule has 0 bridgehead atoms. The molecular weight excluding hydrogens is 324 g/mol. The Balaban J connectivity index is 2.67. The number of benzene rings is 2. The molecule has 0 amide bonds. The second-order valence-corrected chi connectivity index (χ2v) is 5.69. The minimum Gasteiger partial charge on any atom is -0.330 e. The van der Waals surface area contributed by atoms with Crippen molar-refractivity contribution in [1.82, 2.24) is 0 Å². The summed E-state index contributed by atoms with van der Waals surface area (Å²) in [6.45, 7) is 0.534. The molecule has 0 spiro atoms. The van der Waals surface area contributed by atoms with E-state index in [0.717, 1.165) is 16.7 Å². The molecule has 5 heteroatoms. The third kappa shape index (κ3) is 3.18. The van der Waals surface area contributed by atoms with Crippen LogP contribution >= 0.6 is 46.4 Å². The zero-order valence-electron chi connectivity index (χ0n) is 9.89. The minimum atomic E-state index is 0.419. The summed E-state index contributed by atoms with van der Waals surface area (Å²) in [5.41, 5.74) is 8.29. The molecule has 19 heavy (non-hydrogen) atoms. The highest BCUT2D eigenvalue weighted by Gasteiger charge is 2.14. The van der Waals surface area contributed by atoms with Gasteiger partial charge in [-0.25, -0.2) is 0 Å². The molecule has 0 saturated carbocycles. The smallest absolute Gasteiger partial charge is 0.0607 e. The van der Waals surface area contributed by atoms with Gasteiger partial charge in [-0.15, -0.1) is 0 Å². The van der Waals surface area contributed by atoms with Crippen molar-refractivity contribution in [1.29, 1.82) is 0 Å². The molecule has 0 radical (unpaired) electrons. The second kappa shape index (κ2) is 6.34. The maximum atomic E-state index is 6.29. The molecule has 0 atom stereocenters. The van der Waals surface area contributed by atoms with Gasteiger partial charge in [-0.1, -0.05) is 58.5 Å². The maximum absolute atomic E-state index is 6.29. The first-order valence-corrected chi connectivity index (χ1v) is 7.18. The third-order valence-corrected chi connectivity index (χ3v) is 4.14. The van der Waals surface area contributed by atoms with Crippen molar-refractivity contribution < 1.29 is 0 Å². The molecule has 0 fully saturated rings. The summed E-state index contributed by atoms with van der Waals surface area (Å²) < 4.78 is 0. The Morgan fingerprint density at radius 3 is 2.21 bits per heavy atom. The highest BCUT2D eigenvalue weighted by Crippen LogP contribution is 2.40. The monoisotopic (exact) mass is 333 g/mol. The van der Waals surface area contributed by atoms with E-state index in [1.165, 1.54) is 0 Å². The van der Waals surface area contributed by atoms with Crippen molar-refractivity contribution in [3.63, 3.8) is 0 Å². The minimum absolute atomic E-state index is 0.419. The van der Waals surface area contributed by atoms with Crippen LogP contribution in [0.1, 0.15) is 5.56 Å². The molecule has 0 saturated heterocycles. The maximum Gasteiger partial charge on any atom is 0.0607 e. The summed E-state index contributed by atoms with van der Waals surface area (Å²) in [6.07, 6.45) is 0.715. The summed E-state index contributed by atoms with van der Waals surface area (Å²) in [7, 11) is 0. The lowest BCUT2D eigenvalue weighted by Crippen LogP contribution is -2.04. The Morgan fingerprint density at radius 2 is 1.53 bits per heavy atom. The van der Waals surface area contributed by atoms with Gasteiger partial charge in [0.15, 0.2) is 0 Å². The van der Waals surface area contributed by atoms with Gasteiger partial charge in [0, 0.05) is 16.1 Å². The lowest BCUT2D eigenvalue weighted by Gasteiger charge is -2.13. The molecule has 100 valence electrons. The van der Waals surface area contributed by atoms with Crippen molar-refractivity contribution in [2.45, 2.75) is 6.42 Å². The average Bonchev–Trinajstić information content (AvgIpc) is 2.35. The predicted molar refractivity (Wildman–Crippen MR) is 84.7 cm³/mol. The second-order valence-electron chi connectivity index (χ2n) is 4.06. The third-order valence-electron chi connectivity index (χ3n) is 2.79. The molecule has 0 aliphatic heterocycles. The largest absolute Gasteiger partial charge is 0.330 e. The molecule has 1 nitrogen and oxygen atoms in total. The highest BCUT2D eigenvalue weighted by atomic mass is 35.5. The first-order chi connectivity index (χ1) is 9.04. The fourth-order valence-electron chi connectivity index (χ4n) is 1.95. The zero-order chi connectivity index (χ0) is 14.0. The van der Waals surface area contributed by atoms with E-state index >= 15 is 0 Å². The number of hydrogen-bond donors (Lipinski definition) is 1. The average molecular weight is 335 g/mol. The lowest BCUT2D eigenvalue weighted by molar-refractivity contribution is 0.971. The molecule has 2 rings (SSSR count). The standard InChI is InChI=1S/C14H11Cl4N/c15-10-3-1-2-8(4-5-19)14(10)9-6-12(17)13(18)7-11(9)16/h1-3,6-7H,4-5,19H2. The van der Waals surface area contributed by atoms with Crippen molar-refractivity contribution in [3.05, 3.63) is 56.0 Å². The van der Waals surface area contributed by atoms with Crippen LogP contribution in [0.5, 0.6) is 0 Å². The van der Waals surface area contributed by atoms with E-state index in [2.05, 4.69) is 0 Å². The van der Waals surface area contributed by atoms with Crippen LogP contribution in [0.3, 0.4) is 0 Å². The summed E-state index contributed by atoms with van der Waals surface area (Å²) in [5, 5.41) is 1.99. The van der Waals surface area contributed by atoms with Crippen molar-refractivity contribution in [2.75, 3.05) is 6.54 Å². The van der Waals surface area contributed by atoms with Crippen molar-refractivity contribution in [3.8, 4) is 11.1 Å². The van der Waals surface area contributed by atoms with Gasteiger partial charge in [0.25, 0.3) is 0 Å². The lowest BCUT2D eigenvalue weighted by atomic mass is 9.97. The van der Waals surface area contributed by atoms with Gasteiger partial charge in [0.2, 0.25) is 0 Å². The van der Waals surface area contributed by atoms with Crippen LogP contribution in [0.25, 0.3) is 11.1 Å². The van der Waals surface area contributed by atoms with Gasteiger partial charge in [-0.2, -0.15) is 0 Å². The van der Waals surface area contributed by atoms with Gasteiger partial charge in [-0.3, -0.25) is 0 Å². The fraction of sp³-hybridized carbons (Fsp3) is 0.143. The van der Waals surface area contributed by atoms with Crippen LogP contribution < -0.4 is 5.73 Å². The van der Waals surface area contributed by atoms with Crippen LogP contribution in [0.2, 0.25) is 20.1 Å². The van der Waals surface area contributed by atoms with E-state index < -0.39 is 0 Å². The quantitative estimate of drug-likeness (QED) is 0.740. The Bertz CT molecular complexity index is 611. The Hall–Kier alpha value is -0.440. The van der Waals surface area contributed by atoms with E-state index in [9.17, 15) is 0 Å². The molecule has 0 aliphatic carbocycles. The first-order valence-electron chi connectivity index (χ1n) is 5.67. The van der Waals surface area contributed by atoms with Gasteiger partial charge >= 0.3 is 0 Å². The van der Waals surface area contributed by atoms with E-state index in [4.69, 9.17) is 52.1 Å². The number of halogens is 4. The molecule has 0 aromatic heterocycles. The van der Waals surface area contributed by atoms with Gasteiger partial charge in [0.1, 0.15) is 0 Å². The van der Waals surface area contributed by atoms with Gasteiger partial charge < -0.3 is 5.73 Å². The first kappa shape index (κ1) is 15.0. The van der Waals surface area contributed by atoms with Crippen molar-refractivity contribution >= 4 is 46.4 Å². The number of hydrogen-bond acceptors (Lipinski definition) is 1. The Labute approximate surface area is 132 Å². The molecule has 2 N–H and O–H groups in total. The van der Waals surface area contributed by atoms with Gasteiger partial charge in [-0.05, 0) is 36.7 Å². The predicted octanol–water partition coefficient (Wildman–Crippen LogP) is 5.47. The summed E-state index contributed by atoms with van der Waals surface area (Å²) >= 11 is 24.5. The van der Waals surface area contributed by atoms with E-state index in [0.29, 0.717) is 33.1 Å². The SMILES string of the molecule is NCCc1cccc(Cl)c1-c1cc(Cl)c(Cl)cc1Cl. The van der Waals surface area contributed by atoms with E-state index in [1.54, 1.807) is 12.1 Å². The van der Waals surface area contributed by atoms with Crippen LogP contribution in [0.4, 0.5) is 0 Å². The highest BCUT2D eigenvalue weighted by molar-refractivity contribution is 6.44. The summed E-state index contributed by atoms with van der Waals surface area (Å²) in [5.74, 6) is 0. The summed E-state index contributed by atoms with van der Waals surface area (Å²) in [4.78, 5) is 0.